The lowest BCUT2D eigenvalue weighted by Crippen LogP contribution is -2.15. The Morgan fingerprint density at radius 2 is 1.89 bits per heavy atom. The van der Waals surface area contributed by atoms with Crippen LogP contribution in [0.25, 0.3) is 10.1 Å². The first-order valence-electron chi connectivity index (χ1n) is 6.62. The van der Waals surface area contributed by atoms with Gasteiger partial charge in [0.1, 0.15) is 0 Å². The van der Waals surface area contributed by atoms with E-state index in [1.807, 2.05) is 0 Å². The Labute approximate surface area is 120 Å². The monoisotopic (exact) mass is 324 g/mol. The Morgan fingerprint density at radius 1 is 1.17 bits per heavy atom. The average Bonchev–Trinajstić information content (AvgIpc) is 2.77. The Bertz CT molecular complexity index is 542. The van der Waals surface area contributed by atoms with Gasteiger partial charge in [-0.15, -0.1) is 11.3 Å². The zero-order valence-corrected chi connectivity index (χ0v) is 12.6. The Balaban J connectivity index is 1.95. The fourth-order valence-corrected chi connectivity index (χ4v) is 5.02. The molecule has 1 unspecified atom stereocenters. The fraction of sp³-hybridized carbons (Fsp3) is 0.467. The molecule has 1 aromatic heterocycles. The van der Waals surface area contributed by atoms with Crippen LogP contribution >= 0.6 is 27.3 Å². The van der Waals surface area contributed by atoms with Crippen molar-refractivity contribution in [1.29, 1.82) is 0 Å². The van der Waals surface area contributed by atoms with Crippen molar-refractivity contribution in [1.82, 2.24) is 0 Å². The van der Waals surface area contributed by atoms with Gasteiger partial charge in [0.25, 0.3) is 0 Å². The van der Waals surface area contributed by atoms with Crippen LogP contribution in [-0.4, -0.2) is 5.11 Å². The molecule has 3 heteroatoms. The summed E-state index contributed by atoms with van der Waals surface area (Å²) in [5.74, 6) is 0.447. The summed E-state index contributed by atoms with van der Waals surface area (Å²) in [6, 6.07) is 8.35. The quantitative estimate of drug-likeness (QED) is 0.797. The van der Waals surface area contributed by atoms with Crippen LogP contribution in [0.5, 0.6) is 0 Å². The van der Waals surface area contributed by atoms with E-state index in [0.29, 0.717) is 5.92 Å². The molecule has 0 radical (unpaired) electrons. The van der Waals surface area contributed by atoms with Gasteiger partial charge >= 0.3 is 0 Å². The van der Waals surface area contributed by atoms with Gasteiger partial charge in [-0.25, -0.2) is 0 Å². The molecule has 18 heavy (non-hydrogen) atoms. The van der Waals surface area contributed by atoms with Crippen LogP contribution in [0.1, 0.15) is 43.1 Å². The first kappa shape index (κ1) is 12.6. The molecule has 1 saturated carbocycles. The molecule has 0 spiro atoms. The molecule has 3 rings (SSSR count). The van der Waals surface area contributed by atoms with Crippen LogP contribution < -0.4 is 0 Å². The van der Waals surface area contributed by atoms with Crippen molar-refractivity contribution >= 4 is 37.4 Å². The van der Waals surface area contributed by atoms with E-state index in [4.69, 9.17) is 0 Å². The zero-order chi connectivity index (χ0) is 12.5. The lowest BCUT2D eigenvalue weighted by molar-refractivity contribution is 0.0874. The van der Waals surface area contributed by atoms with Gasteiger partial charge in [0, 0.05) is 19.4 Å². The minimum atomic E-state index is -0.294. The summed E-state index contributed by atoms with van der Waals surface area (Å²) in [5.41, 5.74) is 0. The summed E-state index contributed by atoms with van der Waals surface area (Å²) in [7, 11) is 0. The summed E-state index contributed by atoms with van der Waals surface area (Å²) < 4.78 is 2.36. The molecule has 1 aliphatic carbocycles. The van der Waals surface area contributed by atoms with Crippen molar-refractivity contribution in [2.75, 3.05) is 0 Å². The number of halogens is 1. The number of hydrogen-bond donors (Lipinski definition) is 1. The number of aliphatic hydroxyl groups excluding tert-OH is 1. The summed E-state index contributed by atoms with van der Waals surface area (Å²) in [5, 5.41) is 11.8. The molecule has 1 N–H and O–H groups in total. The van der Waals surface area contributed by atoms with Gasteiger partial charge in [0.05, 0.1) is 6.10 Å². The highest BCUT2D eigenvalue weighted by molar-refractivity contribution is 9.10. The first-order valence-corrected chi connectivity index (χ1v) is 8.23. The molecule has 0 aliphatic heterocycles. The van der Waals surface area contributed by atoms with Gasteiger partial charge in [0.15, 0.2) is 0 Å². The molecule has 0 bridgehead atoms. The Hall–Kier alpha value is -0.380. The van der Waals surface area contributed by atoms with E-state index in [0.717, 1.165) is 9.35 Å². The predicted octanol–water partition coefficient (Wildman–Crippen LogP) is 5.28. The minimum Gasteiger partial charge on any atom is -0.387 e. The highest BCUT2D eigenvalue weighted by Gasteiger charge is 2.26. The van der Waals surface area contributed by atoms with Gasteiger partial charge in [-0.1, -0.05) is 37.5 Å². The normalized spacial score (nSPS) is 19.2. The second kappa shape index (κ2) is 5.32. The van der Waals surface area contributed by atoms with Crippen molar-refractivity contribution in [2.24, 2.45) is 5.92 Å². The highest BCUT2D eigenvalue weighted by atomic mass is 79.9. The third-order valence-electron chi connectivity index (χ3n) is 3.92. The van der Waals surface area contributed by atoms with Gasteiger partial charge < -0.3 is 5.11 Å². The Kier molecular flexibility index (Phi) is 3.73. The third-order valence-corrected chi connectivity index (χ3v) is 6.28. The number of fused-ring (bicyclic) bond motifs is 1. The molecular weight excluding hydrogens is 308 g/mol. The molecule has 1 nitrogen and oxygen atoms in total. The van der Waals surface area contributed by atoms with Crippen molar-refractivity contribution in [3.05, 3.63) is 33.6 Å². The Morgan fingerprint density at radius 3 is 2.61 bits per heavy atom. The largest absolute Gasteiger partial charge is 0.387 e. The molecule has 96 valence electrons. The van der Waals surface area contributed by atoms with Crippen molar-refractivity contribution < 1.29 is 5.11 Å². The van der Waals surface area contributed by atoms with E-state index in [9.17, 15) is 5.11 Å². The van der Waals surface area contributed by atoms with Crippen LogP contribution in [0.2, 0.25) is 0 Å². The molecule has 0 amide bonds. The SMILES string of the molecule is OC(c1sc2ccccc2c1Br)C1CCCCC1. The fourth-order valence-electron chi connectivity index (χ4n) is 2.89. The molecule has 2 aromatic rings. The minimum absolute atomic E-state index is 0.294. The molecule has 1 heterocycles. The highest BCUT2D eigenvalue weighted by Crippen LogP contribution is 2.44. The topological polar surface area (TPSA) is 20.2 Å². The average molecular weight is 325 g/mol. The van der Waals surface area contributed by atoms with Gasteiger partial charge in [-0.2, -0.15) is 0 Å². The van der Waals surface area contributed by atoms with E-state index in [1.165, 1.54) is 42.2 Å². The van der Waals surface area contributed by atoms with Gasteiger partial charge in [-0.05, 0) is 40.8 Å². The summed E-state index contributed by atoms with van der Waals surface area (Å²) >= 11 is 5.40. The first-order chi connectivity index (χ1) is 8.77. The third kappa shape index (κ3) is 2.24. The summed E-state index contributed by atoms with van der Waals surface area (Å²) in [4.78, 5) is 1.11. The lowest BCUT2D eigenvalue weighted by Gasteiger charge is -2.26. The number of benzene rings is 1. The summed E-state index contributed by atoms with van der Waals surface area (Å²) in [6.07, 6.45) is 5.91. The number of thiophene rings is 1. The second-order valence-corrected chi connectivity index (χ2v) is 7.00. The van der Waals surface area contributed by atoms with Crippen molar-refractivity contribution in [3.8, 4) is 0 Å². The smallest absolute Gasteiger partial charge is 0.0921 e. The number of rotatable bonds is 2. The molecule has 1 aliphatic rings. The standard InChI is InChI=1S/C15H17BrOS/c16-13-11-8-4-5-9-12(11)18-15(13)14(17)10-6-2-1-3-7-10/h4-5,8-10,14,17H,1-3,6-7H2. The van der Waals surface area contributed by atoms with Crippen LogP contribution in [0.15, 0.2) is 28.7 Å². The maximum Gasteiger partial charge on any atom is 0.0921 e. The maximum atomic E-state index is 10.6. The number of hydrogen-bond acceptors (Lipinski definition) is 2. The maximum absolute atomic E-state index is 10.6. The van der Waals surface area contributed by atoms with E-state index >= 15 is 0 Å². The van der Waals surface area contributed by atoms with Gasteiger partial charge in [-0.3, -0.25) is 0 Å². The molecule has 1 aromatic carbocycles. The lowest BCUT2D eigenvalue weighted by atomic mass is 9.85. The van der Waals surface area contributed by atoms with Crippen molar-refractivity contribution in [2.45, 2.75) is 38.2 Å². The van der Waals surface area contributed by atoms with Gasteiger partial charge in [0.2, 0.25) is 0 Å². The molecule has 1 atom stereocenters. The second-order valence-electron chi connectivity index (χ2n) is 5.12. The van der Waals surface area contributed by atoms with E-state index in [2.05, 4.69) is 40.2 Å². The van der Waals surface area contributed by atoms with E-state index in [-0.39, 0.29) is 6.10 Å². The summed E-state index contributed by atoms with van der Waals surface area (Å²) in [6.45, 7) is 0. The molecular formula is C15H17BrOS. The molecule has 0 saturated heterocycles. The van der Waals surface area contributed by atoms with Crippen LogP contribution in [-0.2, 0) is 0 Å². The van der Waals surface area contributed by atoms with E-state index in [1.54, 1.807) is 11.3 Å². The van der Waals surface area contributed by atoms with Crippen LogP contribution in [0.4, 0.5) is 0 Å². The van der Waals surface area contributed by atoms with E-state index < -0.39 is 0 Å². The molecule has 1 fully saturated rings. The zero-order valence-electron chi connectivity index (χ0n) is 10.2. The van der Waals surface area contributed by atoms with Crippen LogP contribution in [0, 0.1) is 5.92 Å². The predicted molar refractivity (Wildman–Crippen MR) is 81.1 cm³/mol. The number of aliphatic hydroxyl groups is 1. The van der Waals surface area contributed by atoms with Crippen molar-refractivity contribution in [3.63, 3.8) is 0 Å². The van der Waals surface area contributed by atoms with Crippen LogP contribution in [0.3, 0.4) is 0 Å².